The molecule has 0 aliphatic heterocycles. The van der Waals surface area contributed by atoms with E-state index in [1.54, 1.807) is 0 Å². The lowest BCUT2D eigenvalue weighted by molar-refractivity contribution is -0.161. The number of carbonyl (C=O) groups excluding carboxylic acids is 4. The summed E-state index contributed by atoms with van der Waals surface area (Å²) in [5, 5.41) is 10.6. The van der Waals surface area contributed by atoms with Crippen molar-refractivity contribution < 1.29 is 80.2 Å². The quantitative estimate of drug-likeness (QED) is 0.0222. The van der Waals surface area contributed by atoms with Gasteiger partial charge in [-0.05, 0) is 49.4 Å². The van der Waals surface area contributed by atoms with Crippen molar-refractivity contribution in [1.82, 2.24) is 0 Å². The smallest absolute Gasteiger partial charge is 0.462 e. The molecule has 0 bridgehead atoms. The largest absolute Gasteiger partial charge is 0.472 e. The van der Waals surface area contributed by atoms with E-state index in [2.05, 4.69) is 55.4 Å². The number of unbranched alkanes of at least 4 members (excludes halogenated alkanes) is 34. The highest BCUT2D eigenvalue weighted by Gasteiger charge is 2.30. The van der Waals surface area contributed by atoms with Gasteiger partial charge in [-0.3, -0.25) is 37.3 Å². The van der Waals surface area contributed by atoms with Gasteiger partial charge in [0.15, 0.2) is 12.2 Å². The SMILES string of the molecule is CCC(C)CCCCCCCCC(=O)OC[C@H](COP(=O)(O)OC[C@H](O)COP(=O)(O)OC[C@@H](COC(=O)CCCCCCCCCCCCCC(C)C)OC(=O)CCCCCCCCCCCCCCCCCC(C)C)OC(=O)CCCCCCCCC(C)C. The van der Waals surface area contributed by atoms with Crippen molar-refractivity contribution in [3.05, 3.63) is 0 Å². The van der Waals surface area contributed by atoms with Gasteiger partial charge in [-0.1, -0.05) is 306 Å². The fourth-order valence-corrected chi connectivity index (χ4v) is 12.4. The highest BCUT2D eigenvalue weighted by molar-refractivity contribution is 7.47. The van der Waals surface area contributed by atoms with Gasteiger partial charge in [0.05, 0.1) is 26.4 Å². The number of aliphatic hydroxyl groups excluding tert-OH is 1. The lowest BCUT2D eigenvalue weighted by atomic mass is 10.00. The molecule has 0 fully saturated rings. The minimum atomic E-state index is -4.95. The van der Waals surface area contributed by atoms with E-state index in [4.69, 9.17) is 37.0 Å². The molecule has 0 aromatic rings. The Morgan fingerprint density at radius 2 is 0.527 bits per heavy atom. The van der Waals surface area contributed by atoms with Crippen molar-refractivity contribution in [2.75, 3.05) is 39.6 Å². The van der Waals surface area contributed by atoms with Gasteiger partial charge in [0.2, 0.25) is 0 Å². The molecule has 0 amide bonds. The van der Waals surface area contributed by atoms with Gasteiger partial charge in [-0.25, -0.2) is 9.13 Å². The van der Waals surface area contributed by atoms with Crippen LogP contribution in [0.3, 0.4) is 0 Å². The molecule has 19 heteroatoms. The van der Waals surface area contributed by atoms with Gasteiger partial charge in [-0.15, -0.1) is 0 Å². The fraction of sp³-hybridized carbons (Fsp3) is 0.944. The van der Waals surface area contributed by atoms with Crippen LogP contribution >= 0.6 is 15.6 Å². The number of phosphoric ester groups is 2. The molecule has 0 heterocycles. The van der Waals surface area contributed by atoms with Crippen LogP contribution in [0.1, 0.15) is 357 Å². The first-order valence-electron chi connectivity index (χ1n) is 37.2. The average molecular weight is 1340 g/mol. The number of esters is 4. The molecule has 0 radical (unpaired) electrons. The first kappa shape index (κ1) is 89.1. The molecule has 0 aliphatic rings. The average Bonchev–Trinajstić information content (AvgIpc) is 3.25. The zero-order valence-electron chi connectivity index (χ0n) is 59.5. The molecule has 3 N–H and O–H groups in total. The summed E-state index contributed by atoms with van der Waals surface area (Å²) in [7, 11) is -9.90. The topological polar surface area (TPSA) is 237 Å². The van der Waals surface area contributed by atoms with Crippen LogP contribution in [0.5, 0.6) is 0 Å². The van der Waals surface area contributed by atoms with Gasteiger partial charge in [0.25, 0.3) is 0 Å². The molecule has 0 aromatic carbocycles. The number of hydrogen-bond acceptors (Lipinski definition) is 15. The molecule has 6 atom stereocenters. The Bertz CT molecular complexity index is 1800. The normalized spacial score (nSPS) is 14.5. The van der Waals surface area contributed by atoms with Crippen molar-refractivity contribution in [2.45, 2.75) is 375 Å². The second-order valence-electron chi connectivity index (χ2n) is 27.6. The van der Waals surface area contributed by atoms with Crippen LogP contribution in [-0.4, -0.2) is 96.7 Å². The molecule has 0 spiro atoms. The Morgan fingerprint density at radius 1 is 0.308 bits per heavy atom. The number of rotatable bonds is 69. The molecule has 0 aliphatic carbocycles. The van der Waals surface area contributed by atoms with E-state index in [9.17, 15) is 43.2 Å². The zero-order chi connectivity index (χ0) is 67.5. The molecule has 540 valence electrons. The maximum Gasteiger partial charge on any atom is 0.472 e. The maximum atomic E-state index is 13.0. The van der Waals surface area contributed by atoms with E-state index < -0.39 is 97.5 Å². The van der Waals surface area contributed by atoms with Crippen LogP contribution in [0.2, 0.25) is 0 Å². The highest BCUT2D eigenvalue weighted by atomic mass is 31.2. The van der Waals surface area contributed by atoms with E-state index in [0.29, 0.717) is 31.6 Å². The van der Waals surface area contributed by atoms with Gasteiger partial charge in [-0.2, -0.15) is 0 Å². The number of ether oxygens (including phenoxy) is 4. The Morgan fingerprint density at radius 3 is 0.780 bits per heavy atom. The van der Waals surface area contributed by atoms with Crippen LogP contribution in [0, 0.1) is 23.7 Å². The van der Waals surface area contributed by atoms with Crippen LogP contribution in [0.4, 0.5) is 0 Å². The van der Waals surface area contributed by atoms with Gasteiger partial charge in [0, 0.05) is 25.7 Å². The molecule has 17 nitrogen and oxygen atoms in total. The molecule has 0 rings (SSSR count). The van der Waals surface area contributed by atoms with Crippen molar-refractivity contribution in [1.29, 1.82) is 0 Å². The third-order valence-corrected chi connectivity index (χ3v) is 18.8. The second kappa shape index (κ2) is 61.6. The van der Waals surface area contributed by atoms with Crippen LogP contribution in [-0.2, 0) is 65.4 Å². The summed E-state index contributed by atoms with van der Waals surface area (Å²) in [6.07, 6.45) is 44.7. The molecule has 0 aromatic heterocycles. The van der Waals surface area contributed by atoms with Crippen molar-refractivity contribution in [3.63, 3.8) is 0 Å². The van der Waals surface area contributed by atoms with Crippen LogP contribution in [0.15, 0.2) is 0 Å². The Kier molecular flexibility index (Phi) is 60.3. The summed E-state index contributed by atoms with van der Waals surface area (Å²) < 4.78 is 68.3. The van der Waals surface area contributed by atoms with E-state index in [1.807, 2.05) is 0 Å². The third kappa shape index (κ3) is 65.1. The summed E-state index contributed by atoms with van der Waals surface area (Å²) >= 11 is 0. The number of hydrogen-bond donors (Lipinski definition) is 3. The molecule has 0 saturated heterocycles. The van der Waals surface area contributed by atoms with Crippen molar-refractivity contribution >= 4 is 39.5 Å². The minimum Gasteiger partial charge on any atom is -0.462 e. The van der Waals surface area contributed by atoms with Crippen molar-refractivity contribution in [2.24, 2.45) is 23.7 Å². The van der Waals surface area contributed by atoms with Crippen molar-refractivity contribution in [3.8, 4) is 0 Å². The third-order valence-electron chi connectivity index (χ3n) is 16.9. The summed E-state index contributed by atoms with van der Waals surface area (Å²) in [4.78, 5) is 72.6. The van der Waals surface area contributed by atoms with E-state index in [1.165, 1.54) is 154 Å². The predicted molar refractivity (Wildman–Crippen MR) is 367 cm³/mol. The van der Waals surface area contributed by atoms with Gasteiger partial charge in [0.1, 0.15) is 19.3 Å². The Balaban J connectivity index is 5.22. The van der Waals surface area contributed by atoms with Crippen LogP contribution in [0.25, 0.3) is 0 Å². The summed E-state index contributed by atoms with van der Waals surface area (Å²) in [6, 6.07) is 0. The Hall–Kier alpha value is -1.94. The van der Waals surface area contributed by atoms with Gasteiger partial charge >= 0.3 is 39.5 Å². The molecular formula is C72H140O17P2. The zero-order valence-corrected chi connectivity index (χ0v) is 61.3. The highest BCUT2D eigenvalue weighted by Crippen LogP contribution is 2.45. The summed E-state index contributed by atoms with van der Waals surface area (Å²) in [5.74, 6) is 0.842. The maximum absolute atomic E-state index is 13.0. The minimum absolute atomic E-state index is 0.101. The van der Waals surface area contributed by atoms with E-state index in [0.717, 1.165) is 114 Å². The predicted octanol–water partition coefficient (Wildman–Crippen LogP) is 20.5. The van der Waals surface area contributed by atoms with Gasteiger partial charge < -0.3 is 33.8 Å². The lowest BCUT2D eigenvalue weighted by Crippen LogP contribution is -2.30. The summed E-state index contributed by atoms with van der Waals surface area (Å²) in [5.41, 5.74) is 0. The molecule has 3 unspecified atom stereocenters. The second-order valence-corrected chi connectivity index (χ2v) is 30.6. The monoisotopic (exact) mass is 1340 g/mol. The van der Waals surface area contributed by atoms with E-state index >= 15 is 0 Å². The molecule has 91 heavy (non-hydrogen) atoms. The standard InChI is InChI=1S/C72H140O17P2/c1-9-65(8)51-43-35-29-31-37-45-53-70(75)83-59-68(89-72(77)55-47-39-30-28-34-42-50-64(6)7)61-87-91(80,81)85-57-66(73)56-84-90(78,79)86-60-67(58-82-69(74)52-44-36-26-22-19-15-17-21-25-33-41-49-63(4)5)88-71(76)54-46-38-27-23-18-14-12-10-11-13-16-20-24-32-40-48-62(2)3/h62-68,73H,9-61H2,1-8H3,(H,78,79)(H,80,81)/t65?,66-,67-,68-/m1/s1. The molecular weight excluding hydrogens is 1200 g/mol. The first-order chi connectivity index (χ1) is 43.6. The summed E-state index contributed by atoms with van der Waals surface area (Å²) in [6.45, 7) is 14.1. The number of phosphoric acid groups is 2. The van der Waals surface area contributed by atoms with Crippen LogP contribution < -0.4 is 0 Å². The number of aliphatic hydroxyl groups is 1. The number of carbonyl (C=O) groups is 4. The molecule has 0 saturated carbocycles. The first-order valence-corrected chi connectivity index (χ1v) is 40.2. The fourth-order valence-electron chi connectivity index (χ4n) is 10.8. The lowest BCUT2D eigenvalue weighted by Gasteiger charge is -2.21. The Labute approximate surface area is 556 Å². The van der Waals surface area contributed by atoms with E-state index in [-0.39, 0.29) is 25.7 Å².